The highest BCUT2D eigenvalue weighted by Gasteiger charge is 2.60. The first-order valence-corrected chi connectivity index (χ1v) is 10.3. The molecule has 3 heterocycles. The maximum atomic E-state index is 12.9. The van der Waals surface area contributed by atoms with Crippen molar-refractivity contribution in [1.29, 1.82) is 0 Å². The molecule has 1 aromatic heterocycles. The van der Waals surface area contributed by atoms with Gasteiger partial charge in [-0.15, -0.1) is 0 Å². The van der Waals surface area contributed by atoms with Crippen LogP contribution in [0.4, 0.5) is 5.69 Å². The Morgan fingerprint density at radius 1 is 1.14 bits per heavy atom. The molecule has 2 aliphatic heterocycles. The van der Waals surface area contributed by atoms with E-state index >= 15 is 0 Å². The maximum Gasteiger partial charge on any atom is 0.277 e. The van der Waals surface area contributed by atoms with Crippen LogP contribution in [-0.2, 0) is 21.8 Å². The molecule has 2 atom stereocenters. The largest absolute Gasteiger partial charge is 0.486 e. The van der Waals surface area contributed by atoms with Crippen molar-refractivity contribution in [2.24, 2.45) is 5.16 Å². The summed E-state index contributed by atoms with van der Waals surface area (Å²) in [6.45, 7) is 0.259. The van der Waals surface area contributed by atoms with Crippen molar-refractivity contribution in [2.45, 2.75) is 18.1 Å². The summed E-state index contributed by atoms with van der Waals surface area (Å²) in [5, 5.41) is 10.8. The van der Waals surface area contributed by atoms with Gasteiger partial charge in [0.1, 0.15) is 21.6 Å². The van der Waals surface area contributed by atoms with Crippen LogP contribution in [0.25, 0.3) is 0 Å². The third-order valence-electron chi connectivity index (χ3n) is 4.96. The summed E-state index contributed by atoms with van der Waals surface area (Å²) < 4.78 is 12.0. The van der Waals surface area contributed by atoms with Crippen molar-refractivity contribution < 1.29 is 18.9 Å². The van der Waals surface area contributed by atoms with E-state index in [1.807, 2.05) is 48.5 Å². The van der Waals surface area contributed by atoms with Gasteiger partial charge >= 0.3 is 0 Å². The summed E-state index contributed by atoms with van der Waals surface area (Å²) in [7, 11) is 0. The maximum absolute atomic E-state index is 12.9. The van der Waals surface area contributed by atoms with E-state index in [2.05, 4.69) is 47.5 Å². The van der Waals surface area contributed by atoms with E-state index in [1.54, 1.807) is 6.07 Å². The number of fused-ring (bicyclic) bond motifs is 2. The predicted octanol–water partition coefficient (Wildman–Crippen LogP) is 4.69. The third-order valence-corrected chi connectivity index (χ3v) is 5.94. The van der Waals surface area contributed by atoms with Crippen LogP contribution in [0.3, 0.4) is 0 Å². The van der Waals surface area contributed by atoms with Gasteiger partial charge in [-0.25, -0.2) is 0 Å². The molecule has 3 aromatic rings. The topological polar surface area (TPSA) is 86.0 Å². The lowest BCUT2D eigenvalue weighted by Crippen LogP contribution is -2.40. The molecule has 0 fully saturated rings. The molecule has 7 nitrogen and oxygen atoms in total. The molecular formula is C20H13Br2N3O4. The van der Waals surface area contributed by atoms with Crippen LogP contribution in [-0.4, -0.2) is 15.7 Å². The van der Waals surface area contributed by atoms with E-state index in [1.165, 1.54) is 0 Å². The van der Waals surface area contributed by atoms with E-state index in [4.69, 9.17) is 14.1 Å². The van der Waals surface area contributed by atoms with Gasteiger partial charge in [0, 0.05) is 17.3 Å². The summed E-state index contributed by atoms with van der Waals surface area (Å²) >= 11 is 6.71. The second kappa shape index (κ2) is 7.00. The normalized spacial score (nSPS) is 22.2. The van der Waals surface area contributed by atoms with E-state index < -0.39 is 11.5 Å². The molecule has 0 saturated heterocycles. The highest BCUT2D eigenvalue weighted by Crippen LogP contribution is 2.52. The standard InChI is InChI=1S/C20H13Br2N3O4/c21-16-9-13(28-24-16)10-27-12-7-5-11(6-8-12)17-18(22)25-29-20(17)14-3-1-2-4-15(14)23-19(20)26/h1-9,17H,10H2,(H,23,26)/t17?,20-/m1/s1. The molecule has 2 aliphatic rings. The monoisotopic (exact) mass is 517 g/mol. The Hall–Kier alpha value is -2.65. The minimum absolute atomic E-state index is 0.238. The summed E-state index contributed by atoms with van der Waals surface area (Å²) in [5.41, 5.74) is 1.14. The Morgan fingerprint density at radius 3 is 2.69 bits per heavy atom. The fourth-order valence-electron chi connectivity index (χ4n) is 3.66. The van der Waals surface area contributed by atoms with Crippen molar-refractivity contribution in [3.05, 3.63) is 76.1 Å². The summed E-state index contributed by atoms with van der Waals surface area (Å²) in [5.74, 6) is 0.625. The number of carbonyl (C=O) groups is 1. The van der Waals surface area contributed by atoms with E-state index in [0.717, 1.165) is 16.8 Å². The first-order chi connectivity index (χ1) is 14.1. The van der Waals surface area contributed by atoms with E-state index in [9.17, 15) is 4.79 Å². The molecule has 1 spiro atoms. The number of hydrogen-bond donors (Lipinski definition) is 1. The van der Waals surface area contributed by atoms with Gasteiger partial charge in [0.15, 0.2) is 5.76 Å². The van der Waals surface area contributed by atoms with Crippen molar-refractivity contribution in [3.8, 4) is 5.75 Å². The first kappa shape index (κ1) is 18.4. The van der Waals surface area contributed by atoms with Crippen LogP contribution in [0.2, 0.25) is 0 Å². The molecule has 2 aromatic carbocycles. The molecule has 1 N–H and O–H groups in total. The molecule has 146 valence electrons. The lowest BCUT2D eigenvalue weighted by atomic mass is 9.79. The van der Waals surface area contributed by atoms with Crippen LogP contribution in [0.15, 0.2) is 68.9 Å². The fraction of sp³-hybridized carbons (Fsp3) is 0.150. The average Bonchev–Trinajstić information content (AvgIpc) is 3.38. The molecular weight excluding hydrogens is 506 g/mol. The van der Waals surface area contributed by atoms with E-state index in [-0.39, 0.29) is 12.5 Å². The van der Waals surface area contributed by atoms with Crippen molar-refractivity contribution in [3.63, 3.8) is 0 Å². The molecule has 0 saturated carbocycles. The average molecular weight is 519 g/mol. The molecule has 1 unspecified atom stereocenters. The van der Waals surface area contributed by atoms with Crippen molar-refractivity contribution >= 4 is 48.1 Å². The van der Waals surface area contributed by atoms with Crippen LogP contribution < -0.4 is 10.1 Å². The number of para-hydroxylation sites is 1. The van der Waals surface area contributed by atoms with E-state index in [0.29, 0.717) is 20.7 Å². The van der Waals surface area contributed by atoms with Gasteiger partial charge in [-0.1, -0.05) is 40.6 Å². The smallest absolute Gasteiger partial charge is 0.277 e. The number of benzene rings is 2. The highest BCUT2D eigenvalue weighted by molar-refractivity contribution is 9.18. The summed E-state index contributed by atoms with van der Waals surface area (Å²) in [4.78, 5) is 18.7. The zero-order valence-corrected chi connectivity index (χ0v) is 17.9. The van der Waals surface area contributed by atoms with Crippen molar-refractivity contribution in [1.82, 2.24) is 5.16 Å². The number of nitrogens with zero attached hydrogens (tertiary/aromatic N) is 2. The highest BCUT2D eigenvalue weighted by atomic mass is 79.9. The number of hydrogen-bond acceptors (Lipinski definition) is 6. The molecule has 5 rings (SSSR count). The first-order valence-electron chi connectivity index (χ1n) is 8.74. The number of ether oxygens (including phenoxy) is 1. The Kier molecular flexibility index (Phi) is 4.44. The summed E-state index contributed by atoms with van der Waals surface area (Å²) in [6, 6.07) is 16.7. The molecule has 0 aliphatic carbocycles. The lowest BCUT2D eigenvalue weighted by Gasteiger charge is -2.27. The lowest BCUT2D eigenvalue weighted by molar-refractivity contribution is -0.139. The van der Waals surface area contributed by atoms with Gasteiger partial charge in [0.05, 0.1) is 5.92 Å². The van der Waals surface area contributed by atoms with Crippen molar-refractivity contribution in [2.75, 3.05) is 5.32 Å². The molecule has 1 amide bonds. The summed E-state index contributed by atoms with van der Waals surface area (Å²) in [6.07, 6.45) is 0. The van der Waals surface area contributed by atoms with Crippen LogP contribution >= 0.6 is 31.9 Å². The number of rotatable bonds is 4. The SMILES string of the molecule is O=C1Nc2ccccc2[C@]12ON=C(Br)C2c1ccc(OCc2cc(Br)no2)cc1. The Morgan fingerprint density at radius 2 is 1.93 bits per heavy atom. The van der Waals surface area contributed by atoms with Gasteiger partial charge in [-0.2, -0.15) is 0 Å². The quantitative estimate of drug-likeness (QED) is 0.541. The Bertz CT molecular complexity index is 1130. The zero-order valence-electron chi connectivity index (χ0n) is 14.8. The van der Waals surface area contributed by atoms with Crippen LogP contribution in [0, 0.1) is 0 Å². The number of nitrogens with one attached hydrogen (secondary N) is 1. The molecule has 0 radical (unpaired) electrons. The number of oxime groups is 1. The van der Waals surface area contributed by atoms with Gasteiger partial charge in [-0.05, 0) is 55.6 Å². The molecule has 0 bridgehead atoms. The Labute approximate surface area is 182 Å². The minimum atomic E-state index is -1.23. The second-order valence-corrected chi connectivity index (χ2v) is 8.27. The van der Waals surface area contributed by atoms with Crippen LogP contribution in [0.1, 0.15) is 22.8 Å². The number of aromatic nitrogens is 1. The number of anilines is 1. The predicted molar refractivity (Wildman–Crippen MR) is 112 cm³/mol. The van der Waals surface area contributed by atoms with Crippen LogP contribution in [0.5, 0.6) is 5.75 Å². The Balaban J connectivity index is 1.43. The van der Waals surface area contributed by atoms with Gasteiger partial charge in [0.2, 0.25) is 0 Å². The fourth-order valence-corrected chi connectivity index (χ4v) is 4.65. The van der Waals surface area contributed by atoms with Gasteiger partial charge in [0.25, 0.3) is 11.5 Å². The van der Waals surface area contributed by atoms with Gasteiger partial charge < -0.3 is 19.4 Å². The number of halogens is 2. The number of carbonyl (C=O) groups excluding carboxylic acids is 1. The number of amides is 1. The second-order valence-electron chi connectivity index (χ2n) is 6.65. The molecule has 9 heteroatoms. The minimum Gasteiger partial charge on any atom is -0.486 e. The zero-order chi connectivity index (χ0) is 20.0. The van der Waals surface area contributed by atoms with Gasteiger partial charge in [-0.3, -0.25) is 4.79 Å². The third kappa shape index (κ3) is 2.96. The molecule has 29 heavy (non-hydrogen) atoms.